The number of carboxylic acid groups (broad SMARTS) is 1. The van der Waals surface area contributed by atoms with Crippen molar-refractivity contribution in [2.75, 3.05) is 19.0 Å². The summed E-state index contributed by atoms with van der Waals surface area (Å²) in [6, 6.07) is 28.5. The van der Waals surface area contributed by atoms with Gasteiger partial charge in [-0.05, 0) is 46.0 Å². The second kappa shape index (κ2) is 10.8. The lowest BCUT2D eigenvalue weighted by Gasteiger charge is -2.20. The molecule has 0 aromatic heterocycles. The second-order valence-electron chi connectivity index (χ2n) is 8.19. The van der Waals surface area contributed by atoms with Crippen LogP contribution in [0.3, 0.4) is 0 Å². The Morgan fingerprint density at radius 1 is 0.853 bits per heavy atom. The van der Waals surface area contributed by atoms with Gasteiger partial charge in [0.25, 0.3) is 0 Å². The van der Waals surface area contributed by atoms with Crippen LogP contribution in [0, 0.1) is 0 Å². The van der Waals surface area contributed by atoms with Crippen LogP contribution in [0.15, 0.2) is 91.0 Å². The molecule has 5 heteroatoms. The zero-order chi connectivity index (χ0) is 23.9. The van der Waals surface area contributed by atoms with E-state index in [1.165, 1.54) is 0 Å². The second-order valence-corrected chi connectivity index (χ2v) is 8.19. The van der Waals surface area contributed by atoms with E-state index in [4.69, 9.17) is 4.74 Å². The number of nitrogens with one attached hydrogen (secondary N) is 1. The Morgan fingerprint density at radius 3 is 2.32 bits per heavy atom. The molecule has 1 unspecified atom stereocenters. The number of aromatic carboxylic acids is 1. The number of hydrogen-bond donors (Lipinski definition) is 2. The number of anilines is 1. The number of benzene rings is 4. The van der Waals surface area contributed by atoms with Gasteiger partial charge < -0.3 is 15.2 Å². The fraction of sp³-hybridized carbons (Fsp3) is 0.172. The van der Waals surface area contributed by atoms with Gasteiger partial charge in [0.05, 0.1) is 11.5 Å². The van der Waals surface area contributed by atoms with Crippen molar-refractivity contribution >= 4 is 28.3 Å². The minimum Gasteiger partial charge on any atom is -0.478 e. The molecule has 0 radical (unpaired) electrons. The van der Waals surface area contributed by atoms with E-state index in [-0.39, 0.29) is 11.5 Å². The van der Waals surface area contributed by atoms with Crippen LogP contribution in [-0.2, 0) is 16.0 Å². The minimum absolute atomic E-state index is 0.118. The quantitative estimate of drug-likeness (QED) is 0.331. The standard InChI is InChI=1S/C29H27NO4/c1-34-18-17-26(25-15-8-12-20-9-2-5-13-23(20)25)28(31)30-27-16-7-4-11-22(27)19-21-10-3-6-14-24(21)29(32)33/h2-16,26H,17-19H2,1H3,(H,30,31)(H,32,33). The Bertz CT molecular complexity index is 1310. The number of ether oxygens (including phenoxy) is 1. The predicted octanol–water partition coefficient (Wildman–Crippen LogP) is 5.89. The van der Waals surface area contributed by atoms with Crippen LogP contribution >= 0.6 is 0 Å². The van der Waals surface area contributed by atoms with Crippen molar-refractivity contribution in [3.8, 4) is 0 Å². The molecule has 5 nitrogen and oxygen atoms in total. The van der Waals surface area contributed by atoms with E-state index in [0.717, 1.165) is 21.9 Å². The number of fused-ring (bicyclic) bond motifs is 1. The van der Waals surface area contributed by atoms with Crippen molar-refractivity contribution in [3.05, 3.63) is 113 Å². The van der Waals surface area contributed by atoms with E-state index in [0.29, 0.717) is 30.7 Å². The number of rotatable bonds is 9. The molecule has 0 aliphatic rings. The highest BCUT2D eigenvalue weighted by molar-refractivity contribution is 6.00. The first-order chi connectivity index (χ1) is 16.6. The highest BCUT2D eigenvalue weighted by Crippen LogP contribution is 2.30. The van der Waals surface area contributed by atoms with Gasteiger partial charge in [-0.25, -0.2) is 4.79 Å². The number of para-hydroxylation sites is 1. The maximum atomic E-state index is 13.6. The molecule has 4 aromatic carbocycles. The Labute approximate surface area is 199 Å². The van der Waals surface area contributed by atoms with Crippen molar-refractivity contribution in [3.63, 3.8) is 0 Å². The Hall–Kier alpha value is -3.96. The van der Waals surface area contributed by atoms with Gasteiger partial charge in [-0.15, -0.1) is 0 Å². The molecule has 4 aromatic rings. The van der Waals surface area contributed by atoms with Crippen LogP contribution < -0.4 is 5.32 Å². The summed E-state index contributed by atoms with van der Waals surface area (Å²) >= 11 is 0. The molecule has 1 atom stereocenters. The number of carbonyl (C=O) groups excluding carboxylic acids is 1. The smallest absolute Gasteiger partial charge is 0.335 e. The monoisotopic (exact) mass is 453 g/mol. The van der Waals surface area contributed by atoms with E-state index in [1.54, 1.807) is 25.3 Å². The zero-order valence-electron chi connectivity index (χ0n) is 19.0. The summed E-state index contributed by atoms with van der Waals surface area (Å²) in [6.45, 7) is 0.453. The number of methoxy groups -OCH3 is 1. The van der Waals surface area contributed by atoms with E-state index in [2.05, 4.69) is 5.32 Å². The molecule has 0 heterocycles. The average Bonchev–Trinajstić information content (AvgIpc) is 2.86. The maximum Gasteiger partial charge on any atom is 0.335 e. The maximum absolute atomic E-state index is 13.6. The van der Waals surface area contributed by atoms with E-state index in [1.807, 2.05) is 72.8 Å². The summed E-state index contributed by atoms with van der Waals surface area (Å²) in [7, 11) is 1.63. The lowest BCUT2D eigenvalue weighted by Crippen LogP contribution is -2.23. The van der Waals surface area contributed by atoms with Gasteiger partial charge in [-0.3, -0.25) is 4.79 Å². The van der Waals surface area contributed by atoms with E-state index >= 15 is 0 Å². The normalized spacial score (nSPS) is 11.8. The Kier molecular flexibility index (Phi) is 7.35. The molecular formula is C29H27NO4. The fourth-order valence-electron chi connectivity index (χ4n) is 4.32. The van der Waals surface area contributed by atoms with Gasteiger partial charge in [0.1, 0.15) is 0 Å². The Morgan fingerprint density at radius 2 is 1.53 bits per heavy atom. The number of carboxylic acids is 1. The molecule has 0 aliphatic carbocycles. The molecule has 1 amide bonds. The van der Waals surface area contributed by atoms with Crippen molar-refractivity contribution in [2.24, 2.45) is 0 Å². The molecule has 172 valence electrons. The first kappa shape index (κ1) is 23.2. The lowest BCUT2D eigenvalue weighted by atomic mass is 9.90. The molecule has 0 fully saturated rings. The third kappa shape index (κ3) is 5.16. The van der Waals surface area contributed by atoms with Crippen LogP contribution in [0.5, 0.6) is 0 Å². The third-order valence-electron chi connectivity index (χ3n) is 6.03. The molecule has 0 aliphatic heterocycles. The highest BCUT2D eigenvalue weighted by atomic mass is 16.5. The van der Waals surface area contributed by atoms with Crippen LogP contribution in [0.25, 0.3) is 10.8 Å². The summed E-state index contributed by atoms with van der Waals surface area (Å²) in [5.74, 6) is -1.48. The van der Waals surface area contributed by atoms with Crippen molar-refractivity contribution in [2.45, 2.75) is 18.8 Å². The molecule has 0 bridgehead atoms. The van der Waals surface area contributed by atoms with Crippen LogP contribution in [0.2, 0.25) is 0 Å². The van der Waals surface area contributed by atoms with Gasteiger partial charge in [0.15, 0.2) is 0 Å². The van der Waals surface area contributed by atoms with Gasteiger partial charge >= 0.3 is 5.97 Å². The van der Waals surface area contributed by atoms with Gasteiger partial charge in [0, 0.05) is 25.8 Å². The molecular weight excluding hydrogens is 426 g/mol. The summed E-state index contributed by atoms with van der Waals surface area (Å²) in [5.41, 5.74) is 3.45. The third-order valence-corrected chi connectivity index (χ3v) is 6.03. The Balaban J connectivity index is 1.65. The fourth-order valence-corrected chi connectivity index (χ4v) is 4.32. The van der Waals surface area contributed by atoms with Crippen LogP contribution in [0.1, 0.15) is 39.4 Å². The minimum atomic E-state index is -0.965. The molecule has 0 spiro atoms. The predicted molar refractivity (Wildman–Crippen MR) is 134 cm³/mol. The molecule has 0 saturated heterocycles. The number of carbonyl (C=O) groups is 2. The van der Waals surface area contributed by atoms with E-state index < -0.39 is 11.9 Å². The largest absolute Gasteiger partial charge is 0.478 e. The summed E-state index contributed by atoms with van der Waals surface area (Å²) in [4.78, 5) is 25.2. The topological polar surface area (TPSA) is 75.6 Å². The average molecular weight is 454 g/mol. The number of hydrogen-bond acceptors (Lipinski definition) is 3. The summed E-state index contributed by atoms with van der Waals surface area (Å²) in [6.07, 6.45) is 0.941. The van der Waals surface area contributed by atoms with Gasteiger partial charge in [0.2, 0.25) is 5.91 Å². The van der Waals surface area contributed by atoms with Crippen LogP contribution in [-0.4, -0.2) is 30.7 Å². The molecule has 0 saturated carbocycles. The van der Waals surface area contributed by atoms with Crippen molar-refractivity contribution in [1.82, 2.24) is 0 Å². The number of amides is 1. The van der Waals surface area contributed by atoms with E-state index in [9.17, 15) is 14.7 Å². The molecule has 4 rings (SSSR count). The van der Waals surface area contributed by atoms with Crippen molar-refractivity contribution < 1.29 is 19.4 Å². The summed E-state index contributed by atoms with van der Waals surface area (Å²) < 4.78 is 5.31. The SMILES string of the molecule is COCCC(C(=O)Nc1ccccc1Cc1ccccc1C(=O)O)c1cccc2ccccc12. The first-order valence-corrected chi connectivity index (χ1v) is 11.2. The van der Waals surface area contributed by atoms with Gasteiger partial charge in [-0.2, -0.15) is 0 Å². The molecule has 2 N–H and O–H groups in total. The zero-order valence-corrected chi connectivity index (χ0v) is 19.0. The van der Waals surface area contributed by atoms with Crippen LogP contribution in [0.4, 0.5) is 5.69 Å². The summed E-state index contributed by atoms with van der Waals surface area (Å²) in [5, 5.41) is 14.8. The van der Waals surface area contributed by atoms with Gasteiger partial charge in [-0.1, -0.05) is 78.9 Å². The highest BCUT2D eigenvalue weighted by Gasteiger charge is 2.23. The molecule has 34 heavy (non-hydrogen) atoms. The van der Waals surface area contributed by atoms with Crippen molar-refractivity contribution in [1.29, 1.82) is 0 Å². The first-order valence-electron chi connectivity index (χ1n) is 11.2. The lowest BCUT2D eigenvalue weighted by molar-refractivity contribution is -0.118.